The fraction of sp³-hybridized carbons (Fsp3) is 0.407. The van der Waals surface area contributed by atoms with Crippen LogP contribution in [0.4, 0.5) is 0 Å². The molecular weight excluding hydrogens is 432 g/mol. The van der Waals surface area contributed by atoms with Crippen molar-refractivity contribution in [2.24, 2.45) is 15.9 Å². The zero-order valence-corrected chi connectivity index (χ0v) is 19.9. The number of cyclic esters (lactones) is 2. The van der Waals surface area contributed by atoms with E-state index in [1.54, 1.807) is 11.2 Å². The smallest absolute Gasteiger partial charge is 0.330 e. The Morgan fingerprint density at radius 1 is 0.941 bits per heavy atom. The quantitative estimate of drug-likeness (QED) is 0.498. The number of ketones is 1. The Bertz CT molecular complexity index is 1190. The van der Waals surface area contributed by atoms with E-state index >= 15 is 0 Å². The molecule has 1 spiro atoms. The molecule has 0 bridgehead atoms. The van der Waals surface area contributed by atoms with E-state index in [2.05, 4.69) is 5.10 Å². The van der Waals surface area contributed by atoms with Crippen LogP contribution in [-0.2, 0) is 23.9 Å². The number of Topliss-reactive ketones (excluding diaryl/α,β-unsaturated/α-hetero) is 1. The summed E-state index contributed by atoms with van der Waals surface area (Å²) >= 11 is 0. The van der Waals surface area contributed by atoms with Gasteiger partial charge in [-0.3, -0.25) is 19.4 Å². The number of ether oxygens (including phenoxy) is 2. The molecule has 2 fully saturated rings. The number of benzene rings is 2. The van der Waals surface area contributed by atoms with Gasteiger partial charge in [-0.05, 0) is 16.7 Å². The summed E-state index contributed by atoms with van der Waals surface area (Å²) in [4.78, 5) is 42.0. The Morgan fingerprint density at radius 2 is 1.53 bits per heavy atom. The van der Waals surface area contributed by atoms with Gasteiger partial charge >= 0.3 is 11.9 Å². The van der Waals surface area contributed by atoms with Gasteiger partial charge in [0, 0.05) is 25.2 Å². The summed E-state index contributed by atoms with van der Waals surface area (Å²) in [5, 5.41) is 6.28. The van der Waals surface area contributed by atoms with Crippen LogP contribution < -0.4 is 0 Å². The van der Waals surface area contributed by atoms with E-state index in [-0.39, 0.29) is 5.78 Å². The molecule has 7 heteroatoms. The minimum Gasteiger partial charge on any atom is -0.422 e. The third-order valence-corrected chi connectivity index (χ3v) is 6.93. The van der Waals surface area contributed by atoms with Crippen molar-refractivity contribution in [3.8, 4) is 0 Å². The third-order valence-electron chi connectivity index (χ3n) is 6.93. The molecule has 3 aliphatic heterocycles. The summed E-state index contributed by atoms with van der Waals surface area (Å²) in [6.45, 7) is 8.56. The summed E-state index contributed by atoms with van der Waals surface area (Å²) in [5.74, 6) is -3.79. The zero-order valence-electron chi connectivity index (χ0n) is 19.9. The molecule has 2 aromatic rings. The SMILES string of the molecule is CC1(C)OC(=O)C2(C(=O)O1)C1c3ccccc3C=NN1[C@@H](C(=O)C(C)(C)C)[C@@H]2c1ccccc1. The van der Waals surface area contributed by atoms with Crippen LogP contribution in [0.5, 0.6) is 0 Å². The van der Waals surface area contributed by atoms with Crippen LogP contribution in [0.3, 0.4) is 0 Å². The molecule has 1 unspecified atom stereocenters. The Balaban J connectivity index is 1.85. The van der Waals surface area contributed by atoms with Gasteiger partial charge in [-0.15, -0.1) is 0 Å². The van der Waals surface area contributed by atoms with E-state index in [1.807, 2.05) is 75.4 Å². The minimum atomic E-state index is -1.81. The number of nitrogens with zero attached hydrogens (tertiary/aromatic N) is 2. The van der Waals surface area contributed by atoms with E-state index in [9.17, 15) is 14.4 Å². The Kier molecular flexibility index (Phi) is 4.76. The number of esters is 2. The molecule has 2 saturated heterocycles. The lowest BCUT2D eigenvalue weighted by atomic mass is 9.64. The molecule has 0 amide bonds. The molecule has 0 radical (unpaired) electrons. The molecule has 176 valence electrons. The maximum absolute atomic E-state index is 14.0. The van der Waals surface area contributed by atoms with Crippen molar-refractivity contribution >= 4 is 23.9 Å². The van der Waals surface area contributed by atoms with Crippen LogP contribution in [0.15, 0.2) is 59.7 Å². The van der Waals surface area contributed by atoms with Gasteiger partial charge < -0.3 is 9.47 Å². The van der Waals surface area contributed by atoms with Crippen molar-refractivity contribution < 1.29 is 23.9 Å². The minimum absolute atomic E-state index is 0.120. The highest BCUT2D eigenvalue weighted by Gasteiger charge is 2.75. The normalized spacial score (nSPS) is 26.5. The highest BCUT2D eigenvalue weighted by atomic mass is 16.7. The second-order valence-electron chi connectivity index (χ2n) is 10.7. The Labute approximate surface area is 198 Å². The Morgan fingerprint density at radius 3 is 2.15 bits per heavy atom. The van der Waals surface area contributed by atoms with Gasteiger partial charge in [0.15, 0.2) is 5.78 Å². The van der Waals surface area contributed by atoms with Crippen molar-refractivity contribution in [3.63, 3.8) is 0 Å². The average molecular weight is 461 g/mol. The molecule has 3 aliphatic rings. The number of rotatable bonds is 2. The highest BCUT2D eigenvalue weighted by molar-refractivity contribution is 6.07. The standard InChI is InChI=1S/C27H28N2O5/c1-25(2,3)22(30)20-19(16-11-7-6-8-12-16)27(23(31)33-26(4,5)34-24(27)32)21-18-14-10-9-13-17(18)15-28-29(20)21/h6-15,19-21H,1-5H3/t19-,20+,21?/m0/s1. The topological polar surface area (TPSA) is 85.3 Å². The highest BCUT2D eigenvalue weighted by Crippen LogP contribution is 2.63. The first kappa shape index (κ1) is 22.3. The Hall–Kier alpha value is -3.48. The van der Waals surface area contributed by atoms with E-state index < -0.39 is 46.6 Å². The summed E-state index contributed by atoms with van der Waals surface area (Å²) in [5.41, 5.74) is -0.362. The van der Waals surface area contributed by atoms with Gasteiger partial charge in [-0.1, -0.05) is 75.4 Å². The maximum atomic E-state index is 14.0. The van der Waals surface area contributed by atoms with Gasteiger partial charge in [-0.2, -0.15) is 5.10 Å². The fourth-order valence-corrected chi connectivity index (χ4v) is 5.49. The van der Waals surface area contributed by atoms with Gasteiger partial charge in [0.1, 0.15) is 12.1 Å². The monoisotopic (exact) mass is 460 g/mol. The summed E-state index contributed by atoms with van der Waals surface area (Å²) in [6.07, 6.45) is 1.68. The second kappa shape index (κ2) is 7.26. The van der Waals surface area contributed by atoms with Crippen molar-refractivity contribution in [3.05, 3.63) is 71.3 Å². The van der Waals surface area contributed by atoms with Crippen LogP contribution in [0, 0.1) is 10.8 Å². The van der Waals surface area contributed by atoms with Crippen molar-refractivity contribution in [1.29, 1.82) is 0 Å². The zero-order chi connectivity index (χ0) is 24.5. The third kappa shape index (κ3) is 3.02. The number of fused-ring (bicyclic) bond motifs is 4. The summed E-state index contributed by atoms with van der Waals surface area (Å²) in [7, 11) is 0. The van der Waals surface area contributed by atoms with Crippen LogP contribution in [0.2, 0.25) is 0 Å². The first-order chi connectivity index (χ1) is 16.0. The first-order valence-corrected chi connectivity index (χ1v) is 11.5. The largest absolute Gasteiger partial charge is 0.422 e. The number of carbonyl (C=O) groups excluding carboxylic acids is 3. The molecule has 34 heavy (non-hydrogen) atoms. The van der Waals surface area contributed by atoms with Gasteiger partial charge in [-0.25, -0.2) is 0 Å². The van der Waals surface area contributed by atoms with E-state index in [0.717, 1.165) is 11.1 Å². The predicted octanol–water partition coefficient (Wildman–Crippen LogP) is 3.98. The summed E-state index contributed by atoms with van der Waals surface area (Å²) in [6, 6.07) is 14.9. The molecule has 7 nitrogen and oxygen atoms in total. The van der Waals surface area contributed by atoms with Crippen LogP contribution >= 0.6 is 0 Å². The fourth-order valence-electron chi connectivity index (χ4n) is 5.49. The molecule has 3 atom stereocenters. The first-order valence-electron chi connectivity index (χ1n) is 11.5. The second-order valence-corrected chi connectivity index (χ2v) is 10.7. The van der Waals surface area contributed by atoms with Crippen molar-refractivity contribution in [2.45, 2.75) is 58.4 Å². The van der Waals surface area contributed by atoms with Crippen LogP contribution in [0.1, 0.15) is 63.3 Å². The lowest BCUT2D eigenvalue weighted by Gasteiger charge is -2.44. The lowest BCUT2D eigenvalue weighted by Crippen LogP contribution is -2.58. The maximum Gasteiger partial charge on any atom is 0.330 e. The molecule has 0 N–H and O–H groups in total. The number of hydrazone groups is 1. The number of carbonyl (C=O) groups is 3. The van der Waals surface area contributed by atoms with Crippen LogP contribution in [0.25, 0.3) is 0 Å². The molecule has 3 heterocycles. The summed E-state index contributed by atoms with van der Waals surface area (Å²) < 4.78 is 11.5. The molecule has 0 saturated carbocycles. The van der Waals surface area contributed by atoms with Gasteiger partial charge in [0.25, 0.3) is 5.79 Å². The van der Waals surface area contributed by atoms with E-state index in [1.165, 1.54) is 13.8 Å². The molecule has 0 aromatic heterocycles. The molecule has 0 aliphatic carbocycles. The molecule has 2 aromatic carbocycles. The molecular formula is C27H28N2O5. The van der Waals surface area contributed by atoms with E-state index in [0.29, 0.717) is 5.56 Å². The average Bonchev–Trinajstić information content (AvgIpc) is 3.09. The number of hydrogen-bond acceptors (Lipinski definition) is 7. The van der Waals surface area contributed by atoms with Crippen LogP contribution in [-0.4, -0.2) is 40.8 Å². The van der Waals surface area contributed by atoms with Crippen molar-refractivity contribution in [1.82, 2.24) is 5.01 Å². The predicted molar refractivity (Wildman–Crippen MR) is 125 cm³/mol. The van der Waals surface area contributed by atoms with E-state index in [4.69, 9.17) is 9.47 Å². The van der Waals surface area contributed by atoms with Gasteiger partial charge in [0.05, 0.1) is 6.21 Å². The lowest BCUT2D eigenvalue weighted by molar-refractivity contribution is -0.254. The molecule has 5 rings (SSSR count). The van der Waals surface area contributed by atoms with Gasteiger partial charge in [0.2, 0.25) is 5.41 Å². The van der Waals surface area contributed by atoms with Crippen molar-refractivity contribution in [2.75, 3.05) is 0 Å². The number of hydrogen-bond donors (Lipinski definition) is 0.